The number of hydrogen-bond donors (Lipinski definition) is 1. The molecule has 0 bridgehead atoms. The van der Waals surface area contributed by atoms with Crippen LogP contribution in [-0.2, 0) is 6.54 Å². The van der Waals surface area contributed by atoms with Crippen molar-refractivity contribution in [3.8, 4) is 17.0 Å². The molecule has 0 atom stereocenters. The van der Waals surface area contributed by atoms with E-state index >= 15 is 0 Å². The van der Waals surface area contributed by atoms with Gasteiger partial charge in [0.05, 0.1) is 10.2 Å². The van der Waals surface area contributed by atoms with Crippen molar-refractivity contribution in [2.45, 2.75) is 20.1 Å². The maximum absolute atomic E-state index is 12.3. The SMILES string of the molecule is CCn1cc(Br)c(C(=O)Nc2nc(-c3ccc(OC(F)F)cc3)cs2)n1. The van der Waals surface area contributed by atoms with Gasteiger partial charge in [-0.1, -0.05) is 0 Å². The number of thiazole rings is 1. The summed E-state index contributed by atoms with van der Waals surface area (Å²) in [5.74, 6) is -0.297. The van der Waals surface area contributed by atoms with E-state index in [0.717, 1.165) is 5.56 Å². The molecule has 10 heteroatoms. The van der Waals surface area contributed by atoms with Crippen molar-refractivity contribution in [3.05, 3.63) is 46.0 Å². The summed E-state index contributed by atoms with van der Waals surface area (Å²) in [6, 6.07) is 6.12. The van der Waals surface area contributed by atoms with Gasteiger partial charge in [-0.05, 0) is 47.1 Å². The fourth-order valence-corrected chi connectivity index (χ4v) is 3.35. The van der Waals surface area contributed by atoms with Gasteiger partial charge in [-0.15, -0.1) is 11.3 Å². The number of aryl methyl sites for hydroxylation is 1. The molecule has 0 fully saturated rings. The number of anilines is 1. The Hall–Kier alpha value is -2.33. The van der Waals surface area contributed by atoms with Crippen molar-refractivity contribution in [2.24, 2.45) is 0 Å². The summed E-state index contributed by atoms with van der Waals surface area (Å²) >= 11 is 4.57. The van der Waals surface area contributed by atoms with Crippen LogP contribution in [-0.4, -0.2) is 27.3 Å². The number of amides is 1. The van der Waals surface area contributed by atoms with Crippen LogP contribution in [0.3, 0.4) is 0 Å². The number of carbonyl (C=O) groups is 1. The van der Waals surface area contributed by atoms with Crippen molar-refractivity contribution < 1.29 is 18.3 Å². The minimum Gasteiger partial charge on any atom is -0.435 e. The van der Waals surface area contributed by atoms with Gasteiger partial charge in [0, 0.05) is 23.7 Å². The predicted molar refractivity (Wildman–Crippen MR) is 97.7 cm³/mol. The summed E-state index contributed by atoms with van der Waals surface area (Å²) in [6.07, 6.45) is 1.73. The minimum atomic E-state index is -2.86. The molecule has 0 aliphatic heterocycles. The summed E-state index contributed by atoms with van der Waals surface area (Å²) in [4.78, 5) is 16.7. The zero-order valence-corrected chi connectivity index (χ0v) is 15.9. The highest BCUT2D eigenvalue weighted by molar-refractivity contribution is 9.10. The monoisotopic (exact) mass is 442 g/mol. The van der Waals surface area contributed by atoms with Gasteiger partial charge >= 0.3 is 6.61 Å². The molecule has 3 aromatic rings. The van der Waals surface area contributed by atoms with E-state index in [4.69, 9.17) is 0 Å². The van der Waals surface area contributed by atoms with Gasteiger partial charge in [0.25, 0.3) is 5.91 Å². The van der Waals surface area contributed by atoms with E-state index < -0.39 is 6.61 Å². The average molecular weight is 443 g/mol. The highest BCUT2D eigenvalue weighted by Crippen LogP contribution is 2.27. The largest absolute Gasteiger partial charge is 0.435 e. The molecule has 2 aromatic heterocycles. The van der Waals surface area contributed by atoms with E-state index in [2.05, 4.69) is 36.1 Å². The molecule has 6 nitrogen and oxygen atoms in total. The third-order valence-corrected chi connectivity index (χ3v) is 4.69. The molecule has 3 rings (SSSR count). The Kier molecular flexibility index (Phi) is 5.62. The van der Waals surface area contributed by atoms with Crippen LogP contribution >= 0.6 is 27.3 Å². The maximum Gasteiger partial charge on any atom is 0.387 e. The molecule has 1 amide bonds. The highest BCUT2D eigenvalue weighted by Gasteiger charge is 2.17. The summed E-state index contributed by atoms with van der Waals surface area (Å²) in [5.41, 5.74) is 1.61. The van der Waals surface area contributed by atoms with Crippen LogP contribution in [0.1, 0.15) is 17.4 Å². The van der Waals surface area contributed by atoms with Crippen LogP contribution < -0.4 is 10.1 Å². The van der Waals surface area contributed by atoms with E-state index in [9.17, 15) is 13.6 Å². The topological polar surface area (TPSA) is 69.0 Å². The fourth-order valence-electron chi connectivity index (χ4n) is 2.14. The van der Waals surface area contributed by atoms with Crippen LogP contribution in [0.2, 0.25) is 0 Å². The Morgan fingerprint density at radius 3 is 2.73 bits per heavy atom. The Morgan fingerprint density at radius 1 is 1.38 bits per heavy atom. The Labute approximate surface area is 159 Å². The van der Waals surface area contributed by atoms with Gasteiger partial charge in [-0.3, -0.25) is 14.8 Å². The van der Waals surface area contributed by atoms with Crippen molar-refractivity contribution in [1.82, 2.24) is 14.8 Å². The Morgan fingerprint density at radius 2 is 2.12 bits per heavy atom. The second-order valence-electron chi connectivity index (χ2n) is 5.08. The number of carbonyl (C=O) groups excluding carboxylic acids is 1. The van der Waals surface area contributed by atoms with Crippen molar-refractivity contribution in [3.63, 3.8) is 0 Å². The van der Waals surface area contributed by atoms with Gasteiger partial charge in [0.15, 0.2) is 10.8 Å². The first kappa shape index (κ1) is 18.5. The number of alkyl halides is 2. The standard InChI is InChI=1S/C16H13BrF2N4O2S/c1-2-23-7-11(17)13(22-23)14(24)21-16-20-12(8-26-16)9-3-5-10(6-4-9)25-15(18)19/h3-8,15H,2H2,1H3,(H,20,21,24). The molecule has 1 N–H and O–H groups in total. The molecule has 0 aliphatic rings. The summed E-state index contributed by atoms with van der Waals surface area (Å²) in [7, 11) is 0. The lowest BCUT2D eigenvalue weighted by atomic mass is 10.2. The third-order valence-electron chi connectivity index (χ3n) is 3.36. The van der Waals surface area contributed by atoms with Crippen LogP contribution in [0.5, 0.6) is 5.75 Å². The van der Waals surface area contributed by atoms with E-state index in [0.29, 0.717) is 21.8 Å². The van der Waals surface area contributed by atoms with E-state index in [-0.39, 0.29) is 17.4 Å². The Balaban J connectivity index is 1.71. The summed E-state index contributed by atoms with van der Waals surface area (Å²) in [6.45, 7) is -0.290. The van der Waals surface area contributed by atoms with Crippen LogP contribution in [0.15, 0.2) is 40.3 Å². The maximum atomic E-state index is 12.3. The van der Waals surface area contributed by atoms with Crippen molar-refractivity contribution in [2.75, 3.05) is 5.32 Å². The van der Waals surface area contributed by atoms with Gasteiger partial charge < -0.3 is 4.74 Å². The zero-order valence-electron chi connectivity index (χ0n) is 13.4. The lowest BCUT2D eigenvalue weighted by molar-refractivity contribution is -0.0498. The number of aromatic nitrogens is 3. The van der Waals surface area contributed by atoms with E-state index in [1.54, 1.807) is 28.4 Å². The predicted octanol–water partition coefficient (Wildman–Crippen LogP) is 4.64. The normalized spacial score (nSPS) is 11.0. The minimum absolute atomic E-state index is 0.0730. The highest BCUT2D eigenvalue weighted by atomic mass is 79.9. The molecule has 0 saturated heterocycles. The van der Waals surface area contributed by atoms with Crippen LogP contribution in [0, 0.1) is 0 Å². The summed E-state index contributed by atoms with van der Waals surface area (Å²) < 4.78 is 30.9. The average Bonchev–Trinajstić information content (AvgIpc) is 3.21. The van der Waals surface area contributed by atoms with Gasteiger partial charge in [0.1, 0.15) is 5.75 Å². The number of rotatable bonds is 6. The zero-order chi connectivity index (χ0) is 18.7. The molecular weight excluding hydrogens is 430 g/mol. The second kappa shape index (κ2) is 7.92. The van der Waals surface area contributed by atoms with Crippen LogP contribution in [0.4, 0.5) is 13.9 Å². The molecule has 1 aromatic carbocycles. The first-order chi connectivity index (χ1) is 12.5. The van der Waals surface area contributed by atoms with Gasteiger partial charge in [-0.2, -0.15) is 13.9 Å². The summed E-state index contributed by atoms with van der Waals surface area (Å²) in [5, 5.41) is 9.06. The molecular formula is C16H13BrF2N4O2S. The second-order valence-corrected chi connectivity index (χ2v) is 6.79. The van der Waals surface area contributed by atoms with Gasteiger partial charge in [0.2, 0.25) is 0 Å². The lowest BCUT2D eigenvalue weighted by Gasteiger charge is -2.04. The molecule has 26 heavy (non-hydrogen) atoms. The first-order valence-corrected chi connectivity index (χ1v) is 9.18. The van der Waals surface area contributed by atoms with E-state index in [1.165, 1.54) is 23.5 Å². The Bertz CT molecular complexity index is 911. The quantitative estimate of drug-likeness (QED) is 0.603. The van der Waals surface area contributed by atoms with Crippen molar-refractivity contribution in [1.29, 1.82) is 0 Å². The fraction of sp³-hybridized carbons (Fsp3) is 0.188. The molecule has 0 radical (unpaired) electrons. The van der Waals surface area contributed by atoms with E-state index in [1.807, 2.05) is 6.92 Å². The molecule has 136 valence electrons. The molecule has 0 aliphatic carbocycles. The number of benzene rings is 1. The number of halogens is 3. The first-order valence-electron chi connectivity index (χ1n) is 7.51. The van der Waals surface area contributed by atoms with Crippen LogP contribution in [0.25, 0.3) is 11.3 Å². The van der Waals surface area contributed by atoms with Gasteiger partial charge in [-0.25, -0.2) is 4.98 Å². The number of nitrogens with one attached hydrogen (secondary N) is 1. The molecule has 2 heterocycles. The number of hydrogen-bond acceptors (Lipinski definition) is 5. The van der Waals surface area contributed by atoms with Crippen molar-refractivity contribution >= 4 is 38.3 Å². The third kappa shape index (κ3) is 4.25. The number of nitrogens with zero attached hydrogens (tertiary/aromatic N) is 3. The molecule has 0 saturated carbocycles. The smallest absolute Gasteiger partial charge is 0.387 e. The lowest BCUT2D eigenvalue weighted by Crippen LogP contribution is -2.13. The number of ether oxygens (including phenoxy) is 1. The molecule has 0 unspecified atom stereocenters. The molecule has 0 spiro atoms.